The predicted molar refractivity (Wildman–Crippen MR) is 48.9 cm³/mol. The highest BCUT2D eigenvalue weighted by Crippen LogP contribution is 2.06. The Morgan fingerprint density at radius 2 is 1.77 bits per heavy atom. The summed E-state index contributed by atoms with van der Waals surface area (Å²) >= 11 is 0. The average molecular weight is 186 g/mol. The lowest BCUT2D eigenvalue weighted by Crippen LogP contribution is -2.47. The summed E-state index contributed by atoms with van der Waals surface area (Å²) in [5.41, 5.74) is -1.35. The van der Waals surface area contributed by atoms with Crippen molar-refractivity contribution < 1.29 is 0 Å². The van der Waals surface area contributed by atoms with Gasteiger partial charge in [-0.3, -0.25) is 0 Å². The minimum Gasteiger partial charge on any atom is -0.317 e. The van der Waals surface area contributed by atoms with Gasteiger partial charge in [0.05, 0.1) is 5.54 Å². The molecule has 1 aromatic heterocycles. The molecule has 0 atom stereocenters. The predicted octanol–water partition coefficient (Wildman–Crippen LogP) is -1.18. The third-order valence-electron chi connectivity index (χ3n) is 1.90. The molecule has 0 saturated carbocycles. The largest absolute Gasteiger partial charge is 0.344 e. The Morgan fingerprint density at radius 3 is 2.15 bits per heavy atom. The van der Waals surface area contributed by atoms with E-state index in [0.29, 0.717) is 6.54 Å². The van der Waals surface area contributed by atoms with E-state index in [0.717, 1.165) is 4.57 Å². The van der Waals surface area contributed by atoms with Gasteiger partial charge in [-0.1, -0.05) is 0 Å². The van der Waals surface area contributed by atoms with Crippen molar-refractivity contribution in [2.45, 2.75) is 19.4 Å². The lowest BCUT2D eigenvalue weighted by molar-refractivity contribution is 0.325. The molecule has 0 fully saturated rings. The summed E-state index contributed by atoms with van der Waals surface area (Å²) in [6.07, 6.45) is 0. The number of likely N-dealkylation sites (N-methyl/N-ethyl adjacent to an activating group) is 1. The lowest BCUT2D eigenvalue weighted by atomic mass is 10.1. The summed E-state index contributed by atoms with van der Waals surface area (Å²) in [5.74, 6) is 0. The van der Waals surface area contributed by atoms with Gasteiger partial charge in [-0.25, -0.2) is 24.4 Å². The first-order valence-electron chi connectivity index (χ1n) is 4.04. The third-order valence-corrected chi connectivity index (χ3v) is 1.90. The van der Waals surface area contributed by atoms with Crippen molar-refractivity contribution in [3.8, 4) is 0 Å². The van der Waals surface area contributed by atoms with Crippen LogP contribution in [0.3, 0.4) is 0 Å². The topological polar surface area (TPSA) is 82.7 Å². The maximum Gasteiger partial charge on any atom is 0.344 e. The van der Waals surface area contributed by atoms with Crippen LogP contribution in [0.4, 0.5) is 0 Å². The molecule has 0 amide bonds. The zero-order valence-corrected chi connectivity index (χ0v) is 7.97. The van der Waals surface area contributed by atoms with Gasteiger partial charge >= 0.3 is 11.4 Å². The molecule has 6 nitrogen and oxygen atoms in total. The van der Waals surface area contributed by atoms with Crippen molar-refractivity contribution in [3.05, 3.63) is 21.0 Å². The van der Waals surface area contributed by atoms with E-state index >= 15 is 0 Å². The number of nitrogens with zero attached hydrogens (tertiary/aromatic N) is 1. The van der Waals surface area contributed by atoms with Gasteiger partial charge in [-0.2, -0.15) is 0 Å². The van der Waals surface area contributed by atoms with E-state index in [-0.39, 0.29) is 0 Å². The van der Waals surface area contributed by atoms with Crippen molar-refractivity contribution in [1.82, 2.24) is 20.1 Å². The minimum atomic E-state index is -0.528. The number of rotatable bonds is 3. The van der Waals surface area contributed by atoms with Crippen molar-refractivity contribution in [3.63, 3.8) is 0 Å². The first-order valence-corrected chi connectivity index (χ1v) is 4.04. The molecule has 0 radical (unpaired) electrons. The van der Waals surface area contributed by atoms with Gasteiger partial charge in [0.25, 0.3) is 0 Å². The van der Waals surface area contributed by atoms with E-state index in [2.05, 4.69) is 15.5 Å². The second-order valence-corrected chi connectivity index (χ2v) is 3.54. The van der Waals surface area contributed by atoms with Crippen LogP contribution in [-0.2, 0) is 5.54 Å². The highest BCUT2D eigenvalue weighted by molar-refractivity contribution is 4.83. The number of hydrogen-bond donors (Lipinski definition) is 3. The number of aromatic amines is 2. The molecule has 0 aliphatic rings. The second-order valence-electron chi connectivity index (χ2n) is 3.54. The Kier molecular flexibility index (Phi) is 2.42. The van der Waals surface area contributed by atoms with E-state index in [1.165, 1.54) is 0 Å². The summed E-state index contributed by atoms with van der Waals surface area (Å²) in [6.45, 7) is 4.18. The zero-order valence-electron chi connectivity index (χ0n) is 7.97. The molecule has 0 aliphatic heterocycles. The second kappa shape index (κ2) is 3.21. The molecule has 1 aromatic rings. The van der Waals surface area contributed by atoms with Crippen molar-refractivity contribution >= 4 is 0 Å². The fourth-order valence-electron chi connectivity index (χ4n) is 1.37. The fraction of sp³-hybridized carbons (Fsp3) is 0.714. The van der Waals surface area contributed by atoms with Crippen LogP contribution in [0.5, 0.6) is 0 Å². The Morgan fingerprint density at radius 1 is 1.31 bits per heavy atom. The highest BCUT2D eigenvalue weighted by atomic mass is 16.2. The first-order chi connectivity index (χ1) is 5.99. The van der Waals surface area contributed by atoms with Gasteiger partial charge in [-0.15, -0.1) is 0 Å². The van der Waals surface area contributed by atoms with Gasteiger partial charge in [0, 0.05) is 6.54 Å². The molecular formula is C7H14N4O2. The summed E-state index contributed by atoms with van der Waals surface area (Å²) in [6, 6.07) is 0. The maximum atomic E-state index is 11.2. The monoisotopic (exact) mass is 186 g/mol. The maximum absolute atomic E-state index is 11.2. The van der Waals surface area contributed by atoms with E-state index in [9.17, 15) is 9.59 Å². The number of nitrogens with one attached hydrogen (secondary N) is 3. The quantitative estimate of drug-likeness (QED) is 0.555. The molecule has 3 N–H and O–H groups in total. The highest BCUT2D eigenvalue weighted by Gasteiger charge is 2.23. The summed E-state index contributed by atoms with van der Waals surface area (Å²) < 4.78 is 1.16. The van der Waals surface area contributed by atoms with Gasteiger partial charge in [0.2, 0.25) is 0 Å². The summed E-state index contributed by atoms with van der Waals surface area (Å²) in [5, 5.41) is 7.41. The van der Waals surface area contributed by atoms with Crippen molar-refractivity contribution in [2.75, 3.05) is 13.6 Å². The molecule has 0 bridgehead atoms. The van der Waals surface area contributed by atoms with Crippen LogP contribution in [0.15, 0.2) is 9.59 Å². The van der Waals surface area contributed by atoms with E-state index < -0.39 is 16.9 Å². The normalized spacial score (nSPS) is 11.9. The smallest absolute Gasteiger partial charge is 0.317 e. The molecule has 0 saturated heterocycles. The molecule has 1 rings (SSSR count). The summed E-state index contributed by atoms with van der Waals surface area (Å²) in [4.78, 5) is 22.4. The third kappa shape index (κ3) is 1.72. The molecule has 74 valence electrons. The molecular weight excluding hydrogens is 172 g/mol. The van der Waals surface area contributed by atoms with Crippen LogP contribution in [0.1, 0.15) is 13.8 Å². The molecule has 1 heterocycles. The van der Waals surface area contributed by atoms with Crippen LogP contribution in [0, 0.1) is 0 Å². The van der Waals surface area contributed by atoms with Crippen LogP contribution in [0.25, 0.3) is 0 Å². The van der Waals surface area contributed by atoms with Gasteiger partial charge in [-0.05, 0) is 20.9 Å². The molecule has 0 spiro atoms. The number of aromatic nitrogens is 3. The number of hydrogen-bond acceptors (Lipinski definition) is 3. The van der Waals surface area contributed by atoms with Gasteiger partial charge < -0.3 is 5.32 Å². The number of H-pyrrole nitrogens is 2. The summed E-state index contributed by atoms with van der Waals surface area (Å²) in [7, 11) is 1.77. The van der Waals surface area contributed by atoms with E-state index in [1.807, 2.05) is 13.8 Å². The Labute approximate surface area is 75.0 Å². The van der Waals surface area contributed by atoms with Crippen molar-refractivity contribution in [2.24, 2.45) is 0 Å². The average Bonchev–Trinajstić information content (AvgIpc) is 2.31. The van der Waals surface area contributed by atoms with Crippen molar-refractivity contribution in [1.29, 1.82) is 0 Å². The molecule has 6 heteroatoms. The van der Waals surface area contributed by atoms with Gasteiger partial charge in [0.15, 0.2) is 0 Å². The molecule has 13 heavy (non-hydrogen) atoms. The van der Waals surface area contributed by atoms with Crippen LogP contribution < -0.4 is 16.7 Å². The van der Waals surface area contributed by atoms with E-state index in [4.69, 9.17) is 0 Å². The standard InChI is InChI=1S/C7H14N4O2/c1-7(2,4-8-3)11-5(12)9-10-6(11)13/h8H,4H2,1-3H3,(H,9,12)(H,10,13). The Bertz CT molecular complexity index is 356. The lowest BCUT2D eigenvalue weighted by Gasteiger charge is -2.23. The zero-order chi connectivity index (χ0) is 10.1. The van der Waals surface area contributed by atoms with Crippen LogP contribution in [-0.4, -0.2) is 28.4 Å². The first kappa shape index (κ1) is 9.79. The molecule has 0 aliphatic carbocycles. The Balaban J connectivity index is 3.20. The minimum absolute atomic E-state index is 0.412. The van der Waals surface area contributed by atoms with Crippen LogP contribution >= 0.6 is 0 Å². The fourth-order valence-corrected chi connectivity index (χ4v) is 1.37. The van der Waals surface area contributed by atoms with Gasteiger partial charge in [0.1, 0.15) is 0 Å². The SMILES string of the molecule is CNCC(C)(C)n1c(=O)[nH][nH]c1=O. The van der Waals surface area contributed by atoms with E-state index in [1.54, 1.807) is 7.05 Å². The van der Waals surface area contributed by atoms with Crippen LogP contribution in [0.2, 0.25) is 0 Å². The molecule has 0 unspecified atom stereocenters. The molecule has 0 aromatic carbocycles. The Hall–Kier alpha value is -1.30.